The molecule has 0 radical (unpaired) electrons. The maximum atomic E-state index is 12.0. The van der Waals surface area contributed by atoms with Crippen LogP contribution in [0, 0.1) is 36.5 Å². The molecule has 0 bridgehead atoms. The molecule has 0 aliphatic carbocycles. The number of hydrogen-bond donors (Lipinski definition) is 3. The molecule has 0 spiro atoms. The fraction of sp³-hybridized carbons (Fsp3) is 0.133. The Bertz CT molecular complexity index is 907. The van der Waals surface area contributed by atoms with Crippen molar-refractivity contribution in [3.63, 3.8) is 0 Å². The van der Waals surface area contributed by atoms with Crippen LogP contribution in [0.25, 0.3) is 11.1 Å². The minimum absolute atomic E-state index is 0.0469. The van der Waals surface area contributed by atoms with E-state index in [-0.39, 0.29) is 33.8 Å². The molecule has 0 aliphatic heterocycles. The number of aromatic nitrogens is 1. The third-order valence-electron chi connectivity index (χ3n) is 3.41. The van der Waals surface area contributed by atoms with Crippen molar-refractivity contribution in [1.29, 1.82) is 10.5 Å². The van der Waals surface area contributed by atoms with Crippen molar-refractivity contribution in [2.24, 2.45) is 0 Å². The summed E-state index contributed by atoms with van der Waals surface area (Å²) in [4.78, 5) is 14.2. The van der Waals surface area contributed by atoms with E-state index in [9.17, 15) is 20.4 Å². The first-order chi connectivity index (χ1) is 10.3. The van der Waals surface area contributed by atoms with Crippen molar-refractivity contribution in [2.45, 2.75) is 13.8 Å². The number of aromatic hydroxyl groups is 1. The molecule has 1 heterocycles. The fourth-order valence-electron chi connectivity index (χ4n) is 2.26. The molecule has 0 amide bonds. The van der Waals surface area contributed by atoms with Crippen molar-refractivity contribution < 1.29 is 5.11 Å². The summed E-state index contributed by atoms with van der Waals surface area (Å²) in [7, 11) is 0. The summed E-state index contributed by atoms with van der Waals surface area (Å²) in [5, 5.41) is 29.0. The molecule has 0 saturated carbocycles. The Morgan fingerprint density at radius 2 is 1.82 bits per heavy atom. The number of nitriles is 2. The minimum atomic E-state index is -0.703. The molecule has 2 rings (SSSR count). The van der Waals surface area contributed by atoms with Crippen LogP contribution in [0.1, 0.15) is 22.3 Å². The summed E-state index contributed by atoms with van der Waals surface area (Å²) in [6.07, 6.45) is 0. The number of nitrogens with two attached hydrogens (primary N) is 1. The lowest BCUT2D eigenvalue weighted by molar-refractivity contribution is 0.472. The smallest absolute Gasteiger partial charge is 0.268 e. The molecule has 0 fully saturated rings. The number of aromatic amines is 1. The highest BCUT2D eigenvalue weighted by Crippen LogP contribution is 2.41. The zero-order valence-corrected chi connectivity index (χ0v) is 13.4. The van der Waals surface area contributed by atoms with Crippen molar-refractivity contribution >= 4 is 21.7 Å². The van der Waals surface area contributed by atoms with E-state index in [0.29, 0.717) is 15.6 Å². The first-order valence-electron chi connectivity index (χ1n) is 6.18. The highest BCUT2D eigenvalue weighted by Gasteiger charge is 2.23. The molecular formula is C15H11BrN4O2. The maximum Gasteiger partial charge on any atom is 0.268 e. The van der Waals surface area contributed by atoms with Gasteiger partial charge in [-0.1, -0.05) is 15.9 Å². The second-order valence-electron chi connectivity index (χ2n) is 4.74. The van der Waals surface area contributed by atoms with Crippen LogP contribution in [-0.2, 0) is 0 Å². The first kappa shape index (κ1) is 15.6. The van der Waals surface area contributed by atoms with E-state index < -0.39 is 5.56 Å². The van der Waals surface area contributed by atoms with Crippen LogP contribution in [0.3, 0.4) is 0 Å². The van der Waals surface area contributed by atoms with Crippen LogP contribution >= 0.6 is 15.9 Å². The van der Waals surface area contributed by atoms with Gasteiger partial charge in [0.15, 0.2) is 0 Å². The third kappa shape index (κ3) is 2.22. The largest absolute Gasteiger partial charge is 0.507 e. The number of nitrogen functional groups attached to an aromatic ring is 1. The van der Waals surface area contributed by atoms with Gasteiger partial charge in [-0.15, -0.1) is 0 Å². The topological polar surface area (TPSA) is 127 Å². The molecular weight excluding hydrogens is 348 g/mol. The Balaban J connectivity index is 3.13. The Labute approximate surface area is 134 Å². The highest BCUT2D eigenvalue weighted by molar-refractivity contribution is 9.10. The number of halogens is 1. The molecule has 0 aliphatic rings. The van der Waals surface area contributed by atoms with Crippen LogP contribution < -0.4 is 11.3 Å². The zero-order chi connectivity index (χ0) is 16.6. The number of aryl methyl sites for hydroxylation is 1. The number of pyridine rings is 1. The number of phenolic OH excluding ortho intramolecular Hbond substituents is 1. The van der Waals surface area contributed by atoms with Gasteiger partial charge in [0.25, 0.3) is 5.56 Å². The molecule has 6 nitrogen and oxygen atoms in total. The molecule has 7 heteroatoms. The molecule has 1 aromatic heterocycles. The van der Waals surface area contributed by atoms with Gasteiger partial charge in [-0.25, -0.2) is 0 Å². The second kappa shape index (κ2) is 5.55. The van der Waals surface area contributed by atoms with Crippen LogP contribution in [0.5, 0.6) is 5.75 Å². The molecule has 110 valence electrons. The van der Waals surface area contributed by atoms with E-state index in [1.54, 1.807) is 26.0 Å². The number of hydrogen-bond acceptors (Lipinski definition) is 5. The summed E-state index contributed by atoms with van der Waals surface area (Å²) < 4.78 is 0.685. The lowest BCUT2D eigenvalue weighted by Crippen LogP contribution is -2.16. The quantitative estimate of drug-likeness (QED) is 0.721. The Kier molecular flexibility index (Phi) is 3.94. The predicted molar refractivity (Wildman–Crippen MR) is 85.2 cm³/mol. The summed E-state index contributed by atoms with van der Waals surface area (Å²) in [6.45, 7) is 3.38. The average molecular weight is 359 g/mol. The SMILES string of the molecule is Cc1cc(Br)c(C)c(-c2c(C#N)c(N)[nH]c(=O)c2C#N)c1O. The fourth-order valence-corrected chi connectivity index (χ4v) is 2.80. The summed E-state index contributed by atoms with van der Waals surface area (Å²) >= 11 is 3.36. The lowest BCUT2D eigenvalue weighted by atomic mass is 9.91. The van der Waals surface area contributed by atoms with Gasteiger partial charge >= 0.3 is 0 Å². The van der Waals surface area contributed by atoms with E-state index in [1.807, 2.05) is 6.07 Å². The maximum absolute atomic E-state index is 12.0. The van der Waals surface area contributed by atoms with E-state index in [1.165, 1.54) is 0 Å². The van der Waals surface area contributed by atoms with Crippen LogP contribution in [0.4, 0.5) is 5.82 Å². The van der Waals surface area contributed by atoms with E-state index >= 15 is 0 Å². The predicted octanol–water partition coefficient (Wildman–Crippen LogP) is 2.45. The number of H-pyrrole nitrogens is 1. The van der Waals surface area contributed by atoms with E-state index in [0.717, 1.165) is 0 Å². The van der Waals surface area contributed by atoms with Crippen LogP contribution in [-0.4, -0.2) is 10.1 Å². The molecule has 4 N–H and O–H groups in total. The van der Waals surface area contributed by atoms with Crippen molar-refractivity contribution in [1.82, 2.24) is 4.98 Å². The van der Waals surface area contributed by atoms with Gasteiger partial charge < -0.3 is 15.8 Å². The monoisotopic (exact) mass is 358 g/mol. The van der Waals surface area contributed by atoms with Crippen LogP contribution in [0.2, 0.25) is 0 Å². The summed E-state index contributed by atoms with van der Waals surface area (Å²) in [6, 6.07) is 5.38. The molecule has 22 heavy (non-hydrogen) atoms. The van der Waals surface area contributed by atoms with Crippen molar-refractivity contribution in [3.05, 3.63) is 43.1 Å². The number of anilines is 1. The van der Waals surface area contributed by atoms with Crippen LogP contribution in [0.15, 0.2) is 15.3 Å². The van der Waals surface area contributed by atoms with Gasteiger partial charge in [0.2, 0.25) is 0 Å². The third-order valence-corrected chi connectivity index (χ3v) is 4.23. The normalized spacial score (nSPS) is 10.0. The first-order valence-corrected chi connectivity index (χ1v) is 6.97. The molecule has 0 unspecified atom stereocenters. The van der Waals surface area contributed by atoms with Crippen molar-refractivity contribution in [3.8, 4) is 29.0 Å². The molecule has 1 aromatic carbocycles. The Morgan fingerprint density at radius 1 is 1.23 bits per heavy atom. The standard InChI is InChI=1S/C15H11BrN4O2/c1-6-3-10(16)7(2)11(13(6)21)12-8(4-17)14(19)20-15(22)9(12)5-18/h3,21H,1-2H3,(H3,19,20,22). The van der Waals surface area contributed by atoms with E-state index in [4.69, 9.17) is 5.73 Å². The second-order valence-corrected chi connectivity index (χ2v) is 5.59. The van der Waals surface area contributed by atoms with Gasteiger partial charge in [0.1, 0.15) is 34.8 Å². The lowest BCUT2D eigenvalue weighted by Gasteiger charge is -2.16. The number of rotatable bonds is 1. The Morgan fingerprint density at radius 3 is 2.36 bits per heavy atom. The van der Waals surface area contributed by atoms with Gasteiger partial charge in [0.05, 0.1) is 0 Å². The van der Waals surface area contributed by atoms with Gasteiger partial charge in [-0.05, 0) is 31.0 Å². The Hall–Kier alpha value is -2.77. The number of nitrogens with zero attached hydrogens (tertiary/aromatic N) is 2. The average Bonchev–Trinajstić information content (AvgIpc) is 2.45. The molecule has 0 atom stereocenters. The number of phenols is 1. The number of benzene rings is 1. The molecule has 2 aromatic rings. The minimum Gasteiger partial charge on any atom is -0.507 e. The highest BCUT2D eigenvalue weighted by atomic mass is 79.9. The molecule has 0 saturated heterocycles. The summed E-state index contributed by atoms with van der Waals surface area (Å²) in [5.74, 6) is -0.239. The van der Waals surface area contributed by atoms with Gasteiger partial charge in [-0.3, -0.25) is 4.79 Å². The number of nitrogens with one attached hydrogen (secondary N) is 1. The zero-order valence-electron chi connectivity index (χ0n) is 11.8. The van der Waals surface area contributed by atoms with Crippen molar-refractivity contribution in [2.75, 3.05) is 5.73 Å². The summed E-state index contributed by atoms with van der Waals surface area (Å²) in [5.41, 5.74) is 6.11. The van der Waals surface area contributed by atoms with E-state index in [2.05, 4.69) is 20.9 Å². The van der Waals surface area contributed by atoms with Gasteiger partial charge in [-0.2, -0.15) is 10.5 Å². The van der Waals surface area contributed by atoms with Gasteiger partial charge in [0, 0.05) is 15.6 Å².